The van der Waals surface area contributed by atoms with Crippen molar-refractivity contribution >= 4 is 34.8 Å². The quantitative estimate of drug-likeness (QED) is 0.596. The van der Waals surface area contributed by atoms with Gasteiger partial charge in [0.15, 0.2) is 5.58 Å². The topological polar surface area (TPSA) is 35.8 Å². The van der Waals surface area contributed by atoms with Crippen molar-refractivity contribution in [2.75, 3.05) is 49.6 Å². The van der Waals surface area contributed by atoms with E-state index >= 15 is 0 Å². The zero-order valence-electron chi connectivity index (χ0n) is 17.8. The van der Waals surface area contributed by atoms with Gasteiger partial charge in [0.05, 0.1) is 17.1 Å². The molecule has 0 aliphatic carbocycles. The van der Waals surface area contributed by atoms with Gasteiger partial charge in [0, 0.05) is 56.6 Å². The molecule has 0 unspecified atom stereocenters. The first-order valence-electron chi connectivity index (χ1n) is 11.1. The molecule has 3 aliphatic heterocycles. The molecule has 5 nitrogen and oxygen atoms in total. The van der Waals surface area contributed by atoms with E-state index in [-0.39, 0.29) is 18.2 Å². The van der Waals surface area contributed by atoms with Crippen molar-refractivity contribution in [1.82, 2.24) is 10.1 Å². The summed E-state index contributed by atoms with van der Waals surface area (Å²) in [6.07, 6.45) is 3.13. The maximum absolute atomic E-state index is 13.4. The molecule has 4 heterocycles. The third-order valence-electron chi connectivity index (χ3n) is 7.28. The maximum atomic E-state index is 13.4. The minimum absolute atomic E-state index is 0. The van der Waals surface area contributed by atoms with E-state index in [2.05, 4.69) is 45.1 Å². The second-order valence-electron chi connectivity index (χ2n) is 8.97. The van der Waals surface area contributed by atoms with Gasteiger partial charge in [-0.15, -0.1) is 12.4 Å². The van der Waals surface area contributed by atoms with Crippen LogP contribution in [0.3, 0.4) is 0 Å². The first-order chi connectivity index (χ1) is 14.7. The average molecular weight is 443 g/mol. The molecule has 1 aromatic heterocycles. The van der Waals surface area contributed by atoms with Crippen LogP contribution in [0.1, 0.15) is 30.0 Å². The Morgan fingerprint density at radius 1 is 1.16 bits per heavy atom. The molecule has 164 valence electrons. The molecule has 0 saturated carbocycles. The van der Waals surface area contributed by atoms with Crippen molar-refractivity contribution in [3.63, 3.8) is 0 Å². The van der Waals surface area contributed by atoms with Gasteiger partial charge in [-0.3, -0.25) is 0 Å². The lowest BCUT2D eigenvalue weighted by Crippen LogP contribution is -2.49. The summed E-state index contributed by atoms with van der Waals surface area (Å²) in [7, 11) is 2.21. The minimum atomic E-state index is -0.280. The lowest BCUT2D eigenvalue weighted by molar-refractivity contribution is 0.191. The van der Waals surface area contributed by atoms with Crippen molar-refractivity contribution in [2.24, 2.45) is 0 Å². The molecule has 6 rings (SSSR count). The van der Waals surface area contributed by atoms with Crippen LogP contribution in [-0.2, 0) is 6.42 Å². The summed E-state index contributed by atoms with van der Waals surface area (Å²) in [5, 5.41) is 5.11. The van der Waals surface area contributed by atoms with Gasteiger partial charge in [0.1, 0.15) is 5.82 Å². The number of likely N-dealkylation sites (tertiary alicyclic amines) is 1. The summed E-state index contributed by atoms with van der Waals surface area (Å²) in [4.78, 5) is 7.70. The number of aromatic nitrogens is 1. The molecule has 0 amide bonds. The normalized spacial score (nSPS) is 22.4. The second kappa shape index (κ2) is 7.99. The number of hydrogen-bond acceptors (Lipinski definition) is 5. The number of hydrogen-bond donors (Lipinski definition) is 0. The Bertz CT molecular complexity index is 1100. The third kappa shape index (κ3) is 3.37. The molecule has 0 bridgehead atoms. The highest BCUT2D eigenvalue weighted by Gasteiger charge is 2.44. The Labute approximate surface area is 188 Å². The fraction of sp³-hybridized carbons (Fsp3) is 0.458. The maximum Gasteiger partial charge on any atom is 0.170 e. The van der Waals surface area contributed by atoms with E-state index in [0.29, 0.717) is 17.5 Å². The van der Waals surface area contributed by atoms with Gasteiger partial charge in [-0.2, -0.15) is 0 Å². The third-order valence-corrected chi connectivity index (χ3v) is 7.28. The lowest BCUT2D eigenvalue weighted by Gasteiger charge is -2.41. The van der Waals surface area contributed by atoms with Gasteiger partial charge in [0.25, 0.3) is 0 Å². The van der Waals surface area contributed by atoms with Crippen LogP contribution in [0.15, 0.2) is 40.9 Å². The molecule has 2 aromatic carbocycles. The highest BCUT2D eigenvalue weighted by Crippen LogP contribution is 2.50. The SMILES string of the molecule is CN1CCN2c3c(cccc31)[C@@H]1CN(CCCc3noc4cc(F)ccc34)CC[C@@H]12.Cl. The summed E-state index contributed by atoms with van der Waals surface area (Å²) in [6.45, 7) is 5.60. The number of rotatable bonds is 4. The van der Waals surface area contributed by atoms with Crippen molar-refractivity contribution in [2.45, 2.75) is 31.2 Å². The van der Waals surface area contributed by atoms with Gasteiger partial charge >= 0.3 is 0 Å². The van der Waals surface area contributed by atoms with Crippen LogP contribution >= 0.6 is 12.4 Å². The fourth-order valence-electron chi connectivity index (χ4n) is 5.79. The van der Waals surface area contributed by atoms with Gasteiger partial charge in [0.2, 0.25) is 0 Å². The van der Waals surface area contributed by atoms with Gasteiger partial charge in [-0.05, 0) is 49.6 Å². The van der Waals surface area contributed by atoms with Crippen LogP contribution in [0.2, 0.25) is 0 Å². The Hall–Kier alpha value is -2.31. The summed E-state index contributed by atoms with van der Waals surface area (Å²) in [6, 6.07) is 12.2. The van der Waals surface area contributed by atoms with E-state index in [1.54, 1.807) is 11.6 Å². The number of piperidine rings is 1. The molecule has 31 heavy (non-hydrogen) atoms. The number of aryl methyl sites for hydroxylation is 1. The van der Waals surface area contributed by atoms with Crippen molar-refractivity contribution < 1.29 is 8.91 Å². The minimum Gasteiger partial charge on any atom is -0.371 e. The van der Waals surface area contributed by atoms with Crippen LogP contribution in [0.5, 0.6) is 0 Å². The molecule has 0 spiro atoms. The number of nitrogens with zero attached hydrogens (tertiary/aromatic N) is 4. The summed E-state index contributed by atoms with van der Waals surface area (Å²) < 4.78 is 18.7. The van der Waals surface area contributed by atoms with E-state index in [1.165, 1.54) is 29.9 Å². The van der Waals surface area contributed by atoms with E-state index in [4.69, 9.17) is 4.52 Å². The number of fused-ring (bicyclic) bond motifs is 4. The van der Waals surface area contributed by atoms with E-state index in [1.807, 2.05) is 0 Å². The molecule has 7 heteroatoms. The molecule has 3 aliphatic rings. The largest absolute Gasteiger partial charge is 0.371 e. The molecule has 0 N–H and O–H groups in total. The number of anilines is 2. The summed E-state index contributed by atoms with van der Waals surface area (Å²) in [5.41, 5.74) is 5.91. The number of benzene rings is 2. The zero-order valence-corrected chi connectivity index (χ0v) is 18.6. The first kappa shape index (κ1) is 20.6. The standard InChI is InChI=1S/C24H27FN4O.ClH/c1-27-12-13-29-21-9-11-28(15-19(21)17-4-2-6-22(27)24(17)29)10-3-5-20-18-8-7-16(25)14-23(18)30-26-20;/h2,4,6-8,14,19,21H,3,5,9-13,15H2,1H3;1H/t19-,21-;/m0./s1. The van der Waals surface area contributed by atoms with Crippen molar-refractivity contribution in [3.05, 3.63) is 53.5 Å². The monoisotopic (exact) mass is 442 g/mol. The van der Waals surface area contributed by atoms with E-state index in [9.17, 15) is 4.39 Å². The molecule has 1 fully saturated rings. The summed E-state index contributed by atoms with van der Waals surface area (Å²) >= 11 is 0. The van der Waals surface area contributed by atoms with Crippen LogP contribution in [-0.4, -0.2) is 55.9 Å². The predicted octanol–water partition coefficient (Wildman–Crippen LogP) is 4.45. The summed E-state index contributed by atoms with van der Waals surface area (Å²) in [5.74, 6) is 0.327. The van der Waals surface area contributed by atoms with E-state index in [0.717, 1.165) is 56.6 Å². The molecule has 0 radical (unpaired) electrons. The first-order valence-corrected chi connectivity index (χ1v) is 11.1. The molecule has 2 atom stereocenters. The molecular formula is C24H28ClFN4O. The Morgan fingerprint density at radius 2 is 2.06 bits per heavy atom. The van der Waals surface area contributed by atoms with Crippen LogP contribution in [0.4, 0.5) is 15.8 Å². The van der Waals surface area contributed by atoms with Gasteiger partial charge in [-0.25, -0.2) is 4.39 Å². The zero-order chi connectivity index (χ0) is 20.2. The van der Waals surface area contributed by atoms with Gasteiger partial charge < -0.3 is 19.2 Å². The van der Waals surface area contributed by atoms with Gasteiger partial charge in [-0.1, -0.05) is 17.3 Å². The highest BCUT2D eigenvalue weighted by atomic mass is 35.5. The molecule has 1 saturated heterocycles. The Morgan fingerprint density at radius 3 is 2.97 bits per heavy atom. The fourth-order valence-corrected chi connectivity index (χ4v) is 5.79. The number of para-hydroxylation sites is 1. The Balaban J connectivity index is 0.00000204. The number of likely N-dealkylation sites (N-methyl/N-ethyl adjacent to an activating group) is 1. The molecular weight excluding hydrogens is 415 g/mol. The van der Waals surface area contributed by atoms with Crippen molar-refractivity contribution in [3.8, 4) is 0 Å². The Kier molecular flexibility index (Phi) is 5.30. The highest BCUT2D eigenvalue weighted by molar-refractivity contribution is 5.85. The molecule has 3 aromatic rings. The van der Waals surface area contributed by atoms with Crippen LogP contribution < -0.4 is 9.80 Å². The number of halogens is 2. The predicted molar refractivity (Wildman–Crippen MR) is 124 cm³/mol. The lowest BCUT2D eigenvalue weighted by atomic mass is 9.89. The second-order valence-corrected chi connectivity index (χ2v) is 8.97. The average Bonchev–Trinajstić information content (AvgIpc) is 3.30. The smallest absolute Gasteiger partial charge is 0.170 e. The van der Waals surface area contributed by atoms with E-state index < -0.39 is 0 Å². The van der Waals surface area contributed by atoms with Crippen LogP contribution in [0, 0.1) is 5.82 Å². The van der Waals surface area contributed by atoms with Crippen LogP contribution in [0.25, 0.3) is 11.0 Å². The van der Waals surface area contributed by atoms with Crippen molar-refractivity contribution in [1.29, 1.82) is 0 Å².